The molecule has 0 aliphatic heterocycles. The summed E-state index contributed by atoms with van der Waals surface area (Å²) < 4.78 is 12.7. The van der Waals surface area contributed by atoms with Crippen molar-refractivity contribution in [2.24, 2.45) is 11.7 Å². The molecule has 0 spiro atoms. The number of hydrogen-bond acceptors (Lipinski definition) is 2. The lowest BCUT2D eigenvalue weighted by atomic mass is 10.0. The van der Waals surface area contributed by atoms with Crippen molar-refractivity contribution in [2.45, 2.75) is 32.9 Å². The molecule has 0 bridgehead atoms. The van der Waals surface area contributed by atoms with Crippen molar-refractivity contribution in [3.63, 3.8) is 0 Å². The summed E-state index contributed by atoms with van der Waals surface area (Å²) in [5.74, 6) is -0.606. The summed E-state index contributed by atoms with van der Waals surface area (Å²) in [7, 11) is 0. The van der Waals surface area contributed by atoms with Gasteiger partial charge in [-0.05, 0) is 31.5 Å². The number of nitrogens with two attached hydrogens (primary N) is 1. The summed E-state index contributed by atoms with van der Waals surface area (Å²) in [5.41, 5.74) is 6.53. The SMILES string of the molecule is CC(N)C(C)C(=O)N[C@H](C)c1ccc(F)cc1. The van der Waals surface area contributed by atoms with E-state index in [2.05, 4.69) is 5.32 Å². The summed E-state index contributed by atoms with van der Waals surface area (Å²) in [5, 5.41) is 2.86. The summed E-state index contributed by atoms with van der Waals surface area (Å²) >= 11 is 0. The predicted octanol–water partition coefficient (Wildman–Crippen LogP) is 1.99. The first-order valence-corrected chi connectivity index (χ1v) is 5.73. The van der Waals surface area contributed by atoms with Crippen LogP contribution in [0.1, 0.15) is 32.4 Å². The van der Waals surface area contributed by atoms with E-state index in [9.17, 15) is 9.18 Å². The Hall–Kier alpha value is -1.42. The number of benzene rings is 1. The van der Waals surface area contributed by atoms with Crippen LogP contribution in [0, 0.1) is 11.7 Å². The Morgan fingerprint density at radius 3 is 2.24 bits per heavy atom. The van der Waals surface area contributed by atoms with Gasteiger partial charge in [0.05, 0.1) is 6.04 Å². The Bertz CT molecular complexity index is 376. The van der Waals surface area contributed by atoms with Crippen molar-refractivity contribution in [2.75, 3.05) is 0 Å². The molecule has 2 unspecified atom stereocenters. The van der Waals surface area contributed by atoms with Gasteiger partial charge in [0.1, 0.15) is 5.82 Å². The van der Waals surface area contributed by atoms with Gasteiger partial charge >= 0.3 is 0 Å². The summed E-state index contributed by atoms with van der Waals surface area (Å²) in [6, 6.07) is 5.76. The van der Waals surface area contributed by atoms with E-state index in [1.54, 1.807) is 26.0 Å². The molecule has 0 aliphatic rings. The van der Waals surface area contributed by atoms with Crippen molar-refractivity contribution < 1.29 is 9.18 Å². The van der Waals surface area contributed by atoms with Gasteiger partial charge in [-0.25, -0.2) is 4.39 Å². The molecule has 94 valence electrons. The molecular formula is C13H19FN2O. The van der Waals surface area contributed by atoms with Gasteiger partial charge in [0.25, 0.3) is 0 Å². The van der Waals surface area contributed by atoms with Crippen LogP contribution in [0.25, 0.3) is 0 Å². The van der Waals surface area contributed by atoms with Gasteiger partial charge in [-0.2, -0.15) is 0 Å². The van der Waals surface area contributed by atoms with Crippen LogP contribution in [0.15, 0.2) is 24.3 Å². The molecule has 17 heavy (non-hydrogen) atoms. The molecule has 1 aromatic rings. The van der Waals surface area contributed by atoms with Crippen molar-refractivity contribution in [3.05, 3.63) is 35.6 Å². The van der Waals surface area contributed by atoms with Gasteiger partial charge in [0, 0.05) is 12.0 Å². The van der Waals surface area contributed by atoms with Crippen LogP contribution in [-0.2, 0) is 4.79 Å². The lowest BCUT2D eigenvalue weighted by molar-refractivity contribution is -0.125. The fraction of sp³-hybridized carbons (Fsp3) is 0.462. The fourth-order valence-corrected chi connectivity index (χ4v) is 1.42. The minimum absolute atomic E-state index is 0.0863. The first kappa shape index (κ1) is 13.6. The Kier molecular flexibility index (Phi) is 4.63. The Labute approximate surface area is 101 Å². The first-order valence-electron chi connectivity index (χ1n) is 5.73. The minimum Gasteiger partial charge on any atom is -0.349 e. The maximum absolute atomic E-state index is 12.7. The van der Waals surface area contributed by atoms with Gasteiger partial charge in [0.2, 0.25) is 5.91 Å². The molecule has 1 amide bonds. The smallest absolute Gasteiger partial charge is 0.224 e. The van der Waals surface area contributed by atoms with E-state index in [0.717, 1.165) is 5.56 Å². The van der Waals surface area contributed by atoms with Crippen LogP contribution in [-0.4, -0.2) is 11.9 Å². The minimum atomic E-state index is -0.281. The average molecular weight is 238 g/mol. The van der Waals surface area contributed by atoms with E-state index in [1.165, 1.54) is 12.1 Å². The largest absolute Gasteiger partial charge is 0.349 e. The number of hydrogen-bond donors (Lipinski definition) is 2. The molecule has 0 radical (unpaired) electrons. The standard InChI is InChI=1S/C13H19FN2O/c1-8(9(2)15)13(17)16-10(3)11-4-6-12(14)7-5-11/h4-10H,15H2,1-3H3,(H,16,17)/t8?,9?,10-/m1/s1. The van der Waals surface area contributed by atoms with Crippen molar-refractivity contribution in [1.82, 2.24) is 5.32 Å². The monoisotopic (exact) mass is 238 g/mol. The molecule has 3 N–H and O–H groups in total. The van der Waals surface area contributed by atoms with Crippen LogP contribution in [0.2, 0.25) is 0 Å². The third kappa shape index (κ3) is 3.82. The lowest BCUT2D eigenvalue weighted by Crippen LogP contribution is -2.39. The Morgan fingerprint density at radius 1 is 1.24 bits per heavy atom. The molecule has 1 rings (SSSR count). The fourth-order valence-electron chi connectivity index (χ4n) is 1.42. The molecule has 3 atom stereocenters. The highest BCUT2D eigenvalue weighted by Crippen LogP contribution is 2.14. The van der Waals surface area contributed by atoms with Crippen LogP contribution < -0.4 is 11.1 Å². The second kappa shape index (κ2) is 5.77. The van der Waals surface area contributed by atoms with Crippen LogP contribution >= 0.6 is 0 Å². The summed E-state index contributed by atoms with van der Waals surface area (Å²) in [6.45, 7) is 5.45. The summed E-state index contributed by atoms with van der Waals surface area (Å²) in [6.07, 6.45) is 0. The zero-order valence-electron chi connectivity index (χ0n) is 10.4. The zero-order valence-corrected chi connectivity index (χ0v) is 10.4. The highest BCUT2D eigenvalue weighted by Gasteiger charge is 2.19. The molecule has 3 nitrogen and oxygen atoms in total. The van der Waals surface area contributed by atoms with E-state index in [1.807, 2.05) is 6.92 Å². The Balaban J connectivity index is 2.63. The quantitative estimate of drug-likeness (QED) is 0.842. The van der Waals surface area contributed by atoms with E-state index in [0.29, 0.717) is 0 Å². The predicted molar refractivity (Wildman–Crippen MR) is 65.8 cm³/mol. The second-order valence-electron chi connectivity index (χ2n) is 4.43. The maximum Gasteiger partial charge on any atom is 0.224 e. The second-order valence-corrected chi connectivity index (χ2v) is 4.43. The highest BCUT2D eigenvalue weighted by molar-refractivity contribution is 5.79. The van der Waals surface area contributed by atoms with Gasteiger partial charge in [-0.15, -0.1) is 0 Å². The summed E-state index contributed by atoms with van der Waals surface area (Å²) in [4.78, 5) is 11.8. The molecule has 0 saturated heterocycles. The van der Waals surface area contributed by atoms with Crippen LogP contribution in [0.3, 0.4) is 0 Å². The van der Waals surface area contributed by atoms with E-state index < -0.39 is 0 Å². The molecule has 4 heteroatoms. The third-order valence-electron chi connectivity index (χ3n) is 2.93. The molecule has 0 aromatic heterocycles. The molecular weight excluding hydrogens is 219 g/mol. The van der Waals surface area contributed by atoms with E-state index >= 15 is 0 Å². The molecule has 1 aromatic carbocycles. The lowest BCUT2D eigenvalue weighted by Gasteiger charge is -2.19. The zero-order chi connectivity index (χ0) is 13.0. The number of halogens is 1. The van der Waals surface area contributed by atoms with E-state index in [-0.39, 0.29) is 29.7 Å². The molecule has 0 heterocycles. The van der Waals surface area contributed by atoms with Gasteiger partial charge in [-0.3, -0.25) is 4.79 Å². The van der Waals surface area contributed by atoms with Crippen LogP contribution in [0.5, 0.6) is 0 Å². The van der Waals surface area contributed by atoms with Gasteiger partial charge < -0.3 is 11.1 Å². The average Bonchev–Trinajstić information content (AvgIpc) is 2.28. The number of amides is 1. The first-order chi connectivity index (χ1) is 7.91. The van der Waals surface area contributed by atoms with Crippen molar-refractivity contribution >= 4 is 5.91 Å². The van der Waals surface area contributed by atoms with Gasteiger partial charge in [0.15, 0.2) is 0 Å². The van der Waals surface area contributed by atoms with Crippen molar-refractivity contribution in [3.8, 4) is 0 Å². The number of rotatable bonds is 4. The number of nitrogens with one attached hydrogen (secondary N) is 1. The molecule has 0 aliphatic carbocycles. The third-order valence-corrected chi connectivity index (χ3v) is 2.93. The van der Waals surface area contributed by atoms with E-state index in [4.69, 9.17) is 5.73 Å². The normalized spacial score (nSPS) is 16.1. The number of carbonyl (C=O) groups excluding carboxylic acids is 1. The topological polar surface area (TPSA) is 55.1 Å². The van der Waals surface area contributed by atoms with Gasteiger partial charge in [-0.1, -0.05) is 19.1 Å². The molecule has 0 fully saturated rings. The maximum atomic E-state index is 12.7. The molecule has 0 saturated carbocycles. The van der Waals surface area contributed by atoms with Crippen LogP contribution in [0.4, 0.5) is 4.39 Å². The Morgan fingerprint density at radius 2 is 1.76 bits per heavy atom. The number of carbonyl (C=O) groups is 1. The highest BCUT2D eigenvalue weighted by atomic mass is 19.1. The van der Waals surface area contributed by atoms with Crippen molar-refractivity contribution in [1.29, 1.82) is 0 Å².